The van der Waals surface area contributed by atoms with E-state index in [4.69, 9.17) is 9.47 Å². The number of rotatable bonds is 6. The Hall–Kier alpha value is -2.74. The summed E-state index contributed by atoms with van der Waals surface area (Å²) in [4.78, 5) is 14.6. The number of sulfonamides is 1. The van der Waals surface area contributed by atoms with Crippen molar-refractivity contribution in [2.24, 2.45) is 5.92 Å². The Kier molecular flexibility index (Phi) is 5.12. The third-order valence-corrected chi connectivity index (χ3v) is 6.99. The molecule has 0 radical (unpaired) electrons. The van der Waals surface area contributed by atoms with E-state index in [-0.39, 0.29) is 16.7 Å². The molecule has 1 N–H and O–H groups in total. The quantitative estimate of drug-likeness (QED) is 0.782. The number of nitrogens with one attached hydrogen (secondary N) is 1. The van der Waals surface area contributed by atoms with E-state index in [0.717, 1.165) is 30.5 Å². The Labute approximate surface area is 170 Å². The van der Waals surface area contributed by atoms with Crippen molar-refractivity contribution >= 4 is 27.3 Å². The van der Waals surface area contributed by atoms with Crippen molar-refractivity contribution in [2.75, 3.05) is 30.4 Å². The maximum Gasteiger partial charge on any atom is 0.262 e. The van der Waals surface area contributed by atoms with Gasteiger partial charge in [-0.2, -0.15) is 0 Å². The summed E-state index contributed by atoms with van der Waals surface area (Å²) in [5.41, 5.74) is 2.03. The number of carbonyl (C=O) groups excluding carboxylic acids is 1. The Balaban J connectivity index is 1.58. The fourth-order valence-corrected chi connectivity index (χ4v) is 4.86. The van der Waals surface area contributed by atoms with Crippen LogP contribution in [0.3, 0.4) is 0 Å². The van der Waals surface area contributed by atoms with Crippen molar-refractivity contribution in [3.8, 4) is 11.5 Å². The molecule has 29 heavy (non-hydrogen) atoms. The number of ether oxygens (including phenoxy) is 2. The lowest BCUT2D eigenvalue weighted by Crippen LogP contribution is -2.37. The van der Waals surface area contributed by atoms with Crippen LogP contribution < -0.4 is 19.1 Å². The number of anilines is 2. The van der Waals surface area contributed by atoms with Crippen LogP contribution in [0, 0.1) is 5.92 Å². The van der Waals surface area contributed by atoms with Gasteiger partial charge in [-0.3, -0.25) is 9.52 Å². The van der Waals surface area contributed by atoms with Crippen LogP contribution in [0.2, 0.25) is 0 Å². The SMILES string of the molecule is COc1ccc(NS(=O)(=O)c2ccc3c(c2)CCN3C(=O)C2CCC2)c(OC)c1. The van der Waals surface area contributed by atoms with Crippen molar-refractivity contribution in [1.29, 1.82) is 0 Å². The minimum Gasteiger partial charge on any atom is -0.497 e. The molecule has 1 saturated carbocycles. The lowest BCUT2D eigenvalue weighted by molar-refractivity contribution is -0.124. The zero-order valence-electron chi connectivity index (χ0n) is 16.5. The van der Waals surface area contributed by atoms with Gasteiger partial charge in [0.05, 0.1) is 24.8 Å². The van der Waals surface area contributed by atoms with Crippen LogP contribution in [-0.2, 0) is 21.2 Å². The van der Waals surface area contributed by atoms with Crippen LogP contribution >= 0.6 is 0 Å². The predicted molar refractivity (Wildman–Crippen MR) is 110 cm³/mol. The van der Waals surface area contributed by atoms with Gasteiger partial charge in [0.2, 0.25) is 5.91 Å². The van der Waals surface area contributed by atoms with Gasteiger partial charge in [0.1, 0.15) is 11.5 Å². The van der Waals surface area contributed by atoms with Gasteiger partial charge in [-0.15, -0.1) is 0 Å². The molecule has 0 aromatic heterocycles. The van der Waals surface area contributed by atoms with Crippen LogP contribution in [0.4, 0.5) is 11.4 Å². The largest absolute Gasteiger partial charge is 0.497 e. The lowest BCUT2D eigenvalue weighted by Gasteiger charge is -2.29. The third kappa shape index (κ3) is 3.64. The van der Waals surface area contributed by atoms with Gasteiger partial charge in [0.25, 0.3) is 10.0 Å². The molecule has 0 saturated heterocycles. The topological polar surface area (TPSA) is 84.9 Å². The van der Waals surface area contributed by atoms with E-state index in [1.165, 1.54) is 14.2 Å². The molecule has 1 aliphatic carbocycles. The summed E-state index contributed by atoms with van der Waals surface area (Å²) in [5.74, 6) is 1.21. The predicted octanol–water partition coefficient (Wildman–Crippen LogP) is 3.19. The molecule has 1 fully saturated rings. The average Bonchev–Trinajstić information content (AvgIpc) is 3.10. The van der Waals surface area contributed by atoms with Crippen LogP contribution in [0.1, 0.15) is 24.8 Å². The van der Waals surface area contributed by atoms with Gasteiger partial charge in [0.15, 0.2) is 0 Å². The number of hydrogen-bond donors (Lipinski definition) is 1. The number of carbonyl (C=O) groups is 1. The molecular formula is C21H24N2O5S. The van der Waals surface area contributed by atoms with Gasteiger partial charge in [-0.05, 0) is 55.2 Å². The van der Waals surface area contributed by atoms with E-state index in [9.17, 15) is 13.2 Å². The molecule has 2 aromatic carbocycles. The molecule has 1 aliphatic heterocycles. The highest BCUT2D eigenvalue weighted by molar-refractivity contribution is 7.92. The normalized spacial score (nSPS) is 16.1. The molecule has 8 heteroatoms. The highest BCUT2D eigenvalue weighted by atomic mass is 32.2. The summed E-state index contributed by atoms with van der Waals surface area (Å²) < 4.78 is 38.8. The second-order valence-corrected chi connectivity index (χ2v) is 9.01. The monoisotopic (exact) mass is 416 g/mol. The summed E-state index contributed by atoms with van der Waals surface area (Å²) >= 11 is 0. The number of amides is 1. The van der Waals surface area contributed by atoms with Crippen molar-refractivity contribution in [3.63, 3.8) is 0 Å². The third-order valence-electron chi connectivity index (χ3n) is 5.63. The summed E-state index contributed by atoms with van der Waals surface area (Å²) in [6, 6.07) is 9.81. The van der Waals surface area contributed by atoms with Crippen LogP contribution in [0.25, 0.3) is 0 Å². The van der Waals surface area contributed by atoms with Crippen molar-refractivity contribution in [3.05, 3.63) is 42.0 Å². The van der Waals surface area contributed by atoms with Crippen molar-refractivity contribution < 1.29 is 22.7 Å². The first-order chi connectivity index (χ1) is 13.9. The molecule has 0 atom stereocenters. The zero-order valence-corrected chi connectivity index (χ0v) is 17.3. The second kappa shape index (κ2) is 7.59. The average molecular weight is 416 g/mol. The smallest absolute Gasteiger partial charge is 0.262 e. The minimum atomic E-state index is -3.81. The first-order valence-electron chi connectivity index (χ1n) is 9.62. The molecule has 7 nitrogen and oxygen atoms in total. The second-order valence-electron chi connectivity index (χ2n) is 7.33. The number of methoxy groups -OCH3 is 2. The standard InChI is InChI=1S/C21H24N2O5S/c1-27-16-6-8-18(20(13-16)28-2)22-29(25,26)17-7-9-19-15(12-17)10-11-23(19)21(24)14-4-3-5-14/h6-9,12-14,22H,3-5,10-11H2,1-2H3. The van der Waals surface area contributed by atoms with E-state index in [1.807, 2.05) is 0 Å². The van der Waals surface area contributed by atoms with E-state index in [2.05, 4.69) is 4.72 Å². The Morgan fingerprint density at radius 2 is 1.90 bits per heavy atom. The maximum atomic E-state index is 12.9. The highest BCUT2D eigenvalue weighted by Crippen LogP contribution is 2.36. The molecule has 0 bridgehead atoms. The number of fused-ring (bicyclic) bond motifs is 1. The summed E-state index contributed by atoms with van der Waals surface area (Å²) in [6.07, 6.45) is 3.66. The molecule has 2 aromatic rings. The van der Waals surface area contributed by atoms with Crippen molar-refractivity contribution in [2.45, 2.75) is 30.6 Å². The first-order valence-corrected chi connectivity index (χ1v) is 11.1. The molecular weight excluding hydrogens is 392 g/mol. The Morgan fingerprint density at radius 3 is 2.55 bits per heavy atom. The zero-order chi connectivity index (χ0) is 20.6. The fraction of sp³-hybridized carbons (Fsp3) is 0.381. The number of hydrogen-bond acceptors (Lipinski definition) is 5. The number of nitrogens with zero attached hydrogens (tertiary/aromatic N) is 1. The van der Waals surface area contributed by atoms with Crippen LogP contribution in [0.15, 0.2) is 41.3 Å². The van der Waals surface area contributed by atoms with Gasteiger partial charge in [-0.1, -0.05) is 6.42 Å². The fourth-order valence-electron chi connectivity index (χ4n) is 3.74. The molecule has 2 aliphatic rings. The highest BCUT2D eigenvalue weighted by Gasteiger charge is 2.34. The van der Waals surface area contributed by atoms with E-state index < -0.39 is 10.0 Å². The molecule has 0 unspecified atom stereocenters. The lowest BCUT2D eigenvalue weighted by atomic mass is 9.84. The Morgan fingerprint density at radius 1 is 1.10 bits per heavy atom. The molecule has 4 rings (SSSR count). The van der Waals surface area contributed by atoms with Crippen LogP contribution in [-0.4, -0.2) is 35.1 Å². The summed E-state index contributed by atoms with van der Waals surface area (Å²) in [7, 11) is -0.811. The van der Waals surface area contributed by atoms with Gasteiger partial charge in [0, 0.05) is 24.2 Å². The molecule has 154 valence electrons. The first kappa shape index (κ1) is 19.6. The minimum absolute atomic E-state index is 0.119. The van der Waals surface area contributed by atoms with Crippen LogP contribution in [0.5, 0.6) is 11.5 Å². The van der Waals surface area contributed by atoms with Crippen molar-refractivity contribution in [1.82, 2.24) is 0 Å². The van der Waals surface area contributed by atoms with E-state index >= 15 is 0 Å². The van der Waals surface area contributed by atoms with E-state index in [0.29, 0.717) is 30.2 Å². The van der Waals surface area contributed by atoms with E-state index in [1.54, 1.807) is 41.3 Å². The molecule has 1 amide bonds. The van der Waals surface area contributed by atoms with Gasteiger partial charge < -0.3 is 14.4 Å². The Bertz CT molecular complexity index is 1050. The summed E-state index contributed by atoms with van der Waals surface area (Å²) in [5, 5.41) is 0. The maximum absolute atomic E-state index is 12.9. The molecule has 0 spiro atoms. The summed E-state index contributed by atoms with van der Waals surface area (Å²) in [6.45, 7) is 0.605. The molecule has 1 heterocycles. The van der Waals surface area contributed by atoms with Gasteiger partial charge >= 0.3 is 0 Å². The number of benzene rings is 2. The van der Waals surface area contributed by atoms with Gasteiger partial charge in [-0.25, -0.2) is 8.42 Å².